The van der Waals surface area contributed by atoms with Crippen molar-refractivity contribution in [2.75, 3.05) is 10.2 Å². The van der Waals surface area contributed by atoms with Crippen LogP contribution in [0.5, 0.6) is 0 Å². The molecule has 0 aliphatic carbocycles. The average Bonchev–Trinajstić information content (AvgIpc) is 2.93. The maximum Gasteiger partial charge on any atom is 0.232 e. The van der Waals surface area contributed by atoms with Crippen molar-refractivity contribution < 1.29 is 4.79 Å². The fourth-order valence-electron chi connectivity index (χ4n) is 3.49. The number of rotatable bonds is 1. The van der Waals surface area contributed by atoms with E-state index in [1.165, 1.54) is 0 Å². The molecule has 100 valence electrons. The Labute approximate surface area is 118 Å². The van der Waals surface area contributed by atoms with Crippen molar-refractivity contribution in [1.82, 2.24) is 0 Å². The summed E-state index contributed by atoms with van der Waals surface area (Å²) < 4.78 is 0. The van der Waals surface area contributed by atoms with Crippen LogP contribution in [0.25, 0.3) is 0 Å². The van der Waals surface area contributed by atoms with Crippen LogP contribution in [0.2, 0.25) is 0 Å². The zero-order valence-electron chi connectivity index (χ0n) is 11.3. The summed E-state index contributed by atoms with van der Waals surface area (Å²) in [5, 5.41) is 3.59. The van der Waals surface area contributed by atoms with Gasteiger partial charge < -0.3 is 5.32 Å². The molecule has 2 heterocycles. The molecule has 0 bridgehead atoms. The fraction of sp³-hybridized carbons (Fsp3) is 0.235. The van der Waals surface area contributed by atoms with Gasteiger partial charge in [0, 0.05) is 12.3 Å². The average molecular weight is 264 g/mol. The highest BCUT2D eigenvalue weighted by atomic mass is 16.2. The molecular weight excluding hydrogens is 248 g/mol. The molecular formula is C17H16N2O. The maximum absolute atomic E-state index is 12.6. The molecule has 2 aromatic carbocycles. The first-order valence-electron chi connectivity index (χ1n) is 6.99. The molecule has 0 aromatic heterocycles. The predicted molar refractivity (Wildman–Crippen MR) is 79.5 cm³/mol. The molecule has 20 heavy (non-hydrogen) atoms. The summed E-state index contributed by atoms with van der Waals surface area (Å²) in [5.74, 6) is 0.238. The second-order valence-corrected chi connectivity index (χ2v) is 5.65. The SMILES string of the molecule is C[C@H]1C[C@]2(c3ccccc3)Nc3ccccc3N2C1=O. The van der Waals surface area contributed by atoms with Crippen molar-refractivity contribution in [2.45, 2.75) is 19.0 Å². The number of benzene rings is 2. The summed E-state index contributed by atoms with van der Waals surface area (Å²) in [7, 11) is 0. The predicted octanol–water partition coefficient (Wildman–Crippen LogP) is 3.34. The van der Waals surface area contributed by atoms with E-state index in [4.69, 9.17) is 0 Å². The fourth-order valence-corrected chi connectivity index (χ4v) is 3.49. The minimum atomic E-state index is -0.415. The normalized spacial score (nSPS) is 27.1. The van der Waals surface area contributed by atoms with Gasteiger partial charge in [0.25, 0.3) is 0 Å². The summed E-state index contributed by atoms with van der Waals surface area (Å²) >= 11 is 0. The van der Waals surface area contributed by atoms with Crippen LogP contribution < -0.4 is 10.2 Å². The second kappa shape index (κ2) is 3.85. The molecule has 0 radical (unpaired) electrons. The maximum atomic E-state index is 12.6. The van der Waals surface area contributed by atoms with Gasteiger partial charge >= 0.3 is 0 Å². The van der Waals surface area contributed by atoms with E-state index >= 15 is 0 Å². The van der Waals surface area contributed by atoms with Gasteiger partial charge in [0.15, 0.2) is 0 Å². The highest BCUT2D eigenvalue weighted by Gasteiger charge is 2.55. The number of carbonyl (C=O) groups is 1. The van der Waals surface area contributed by atoms with Crippen LogP contribution >= 0.6 is 0 Å². The quantitative estimate of drug-likeness (QED) is 0.856. The van der Waals surface area contributed by atoms with Crippen molar-refractivity contribution in [3.05, 3.63) is 60.2 Å². The van der Waals surface area contributed by atoms with Gasteiger partial charge in [0.05, 0.1) is 11.4 Å². The lowest BCUT2D eigenvalue weighted by Gasteiger charge is -2.32. The first-order chi connectivity index (χ1) is 9.72. The third-order valence-electron chi connectivity index (χ3n) is 4.36. The highest BCUT2D eigenvalue weighted by molar-refractivity contribution is 6.05. The molecule has 1 fully saturated rings. The van der Waals surface area contributed by atoms with E-state index in [0.717, 1.165) is 23.4 Å². The molecule has 0 unspecified atom stereocenters. The third kappa shape index (κ3) is 1.32. The third-order valence-corrected chi connectivity index (χ3v) is 4.36. The standard InChI is InChI=1S/C17H16N2O/c1-12-11-17(13-7-3-2-4-8-13)18-14-9-5-6-10-15(14)19(17)16(12)20/h2-10,12,18H,11H2,1H3/t12-,17-/m0/s1. The minimum Gasteiger partial charge on any atom is -0.357 e. The Balaban J connectivity index is 1.94. The number of carbonyl (C=O) groups excluding carboxylic acids is 1. The number of hydrogen-bond acceptors (Lipinski definition) is 2. The molecule has 0 spiro atoms. The van der Waals surface area contributed by atoms with Crippen LogP contribution in [0.15, 0.2) is 54.6 Å². The zero-order chi connectivity index (χ0) is 13.7. The van der Waals surface area contributed by atoms with Crippen LogP contribution in [0.3, 0.4) is 0 Å². The number of hydrogen-bond donors (Lipinski definition) is 1. The molecule has 2 aliphatic rings. The Morgan fingerprint density at radius 3 is 2.60 bits per heavy atom. The van der Waals surface area contributed by atoms with Gasteiger partial charge in [-0.2, -0.15) is 0 Å². The smallest absolute Gasteiger partial charge is 0.232 e. The first kappa shape index (κ1) is 11.5. The summed E-state index contributed by atoms with van der Waals surface area (Å²) in [5.41, 5.74) is 2.76. The van der Waals surface area contributed by atoms with Gasteiger partial charge in [-0.15, -0.1) is 0 Å². The number of amides is 1. The Bertz CT molecular complexity index is 682. The van der Waals surface area contributed by atoms with E-state index in [-0.39, 0.29) is 11.8 Å². The van der Waals surface area contributed by atoms with E-state index in [1.54, 1.807) is 0 Å². The molecule has 3 heteroatoms. The van der Waals surface area contributed by atoms with Crippen LogP contribution in [-0.2, 0) is 10.5 Å². The molecule has 4 rings (SSSR count). The Morgan fingerprint density at radius 1 is 1.10 bits per heavy atom. The van der Waals surface area contributed by atoms with Crippen molar-refractivity contribution >= 4 is 17.3 Å². The molecule has 1 amide bonds. The van der Waals surface area contributed by atoms with Gasteiger partial charge in [-0.05, 0) is 17.7 Å². The van der Waals surface area contributed by atoms with E-state index in [0.29, 0.717) is 0 Å². The van der Waals surface area contributed by atoms with Crippen molar-refractivity contribution in [3.8, 4) is 0 Å². The zero-order valence-corrected chi connectivity index (χ0v) is 11.3. The molecule has 1 N–H and O–H groups in total. The van der Waals surface area contributed by atoms with Crippen molar-refractivity contribution in [2.24, 2.45) is 5.92 Å². The van der Waals surface area contributed by atoms with Gasteiger partial charge in [0.2, 0.25) is 5.91 Å². The number of nitrogens with one attached hydrogen (secondary N) is 1. The molecule has 2 aromatic rings. The number of nitrogens with zero attached hydrogens (tertiary/aromatic N) is 1. The van der Waals surface area contributed by atoms with Crippen LogP contribution in [0.1, 0.15) is 18.9 Å². The minimum absolute atomic E-state index is 0.0380. The largest absolute Gasteiger partial charge is 0.357 e. The lowest BCUT2D eigenvalue weighted by Crippen LogP contribution is -2.44. The van der Waals surface area contributed by atoms with Gasteiger partial charge in [-0.3, -0.25) is 9.69 Å². The molecule has 0 saturated carbocycles. The van der Waals surface area contributed by atoms with Crippen LogP contribution in [0, 0.1) is 5.92 Å². The molecule has 2 aliphatic heterocycles. The van der Waals surface area contributed by atoms with E-state index in [1.807, 2.05) is 54.3 Å². The molecule has 1 saturated heterocycles. The molecule has 2 atom stereocenters. The van der Waals surface area contributed by atoms with Crippen molar-refractivity contribution in [1.29, 1.82) is 0 Å². The Hall–Kier alpha value is -2.29. The lowest BCUT2D eigenvalue weighted by molar-refractivity contribution is -0.120. The first-order valence-corrected chi connectivity index (χ1v) is 6.99. The summed E-state index contributed by atoms with van der Waals surface area (Å²) in [4.78, 5) is 14.6. The topological polar surface area (TPSA) is 32.3 Å². The van der Waals surface area contributed by atoms with E-state index in [2.05, 4.69) is 17.4 Å². The van der Waals surface area contributed by atoms with Crippen LogP contribution in [0.4, 0.5) is 11.4 Å². The monoisotopic (exact) mass is 264 g/mol. The second-order valence-electron chi connectivity index (χ2n) is 5.65. The summed E-state index contributed by atoms with van der Waals surface area (Å²) in [6.07, 6.45) is 0.796. The van der Waals surface area contributed by atoms with Crippen molar-refractivity contribution in [3.63, 3.8) is 0 Å². The number of fused-ring (bicyclic) bond motifs is 3. The Kier molecular flexibility index (Phi) is 2.22. The number of para-hydroxylation sites is 2. The van der Waals surface area contributed by atoms with Crippen LogP contribution in [-0.4, -0.2) is 5.91 Å². The summed E-state index contributed by atoms with van der Waals surface area (Å²) in [6.45, 7) is 2.01. The van der Waals surface area contributed by atoms with Gasteiger partial charge in [-0.25, -0.2) is 0 Å². The van der Waals surface area contributed by atoms with E-state index < -0.39 is 5.66 Å². The summed E-state index contributed by atoms with van der Waals surface area (Å²) in [6, 6.07) is 18.3. The molecule has 3 nitrogen and oxygen atoms in total. The number of anilines is 2. The van der Waals surface area contributed by atoms with Gasteiger partial charge in [-0.1, -0.05) is 49.4 Å². The lowest BCUT2D eigenvalue weighted by atomic mass is 9.94. The Morgan fingerprint density at radius 2 is 1.80 bits per heavy atom. The van der Waals surface area contributed by atoms with E-state index in [9.17, 15) is 4.79 Å². The van der Waals surface area contributed by atoms with Gasteiger partial charge in [0.1, 0.15) is 5.66 Å². The highest BCUT2D eigenvalue weighted by Crippen LogP contribution is 2.52.